The summed E-state index contributed by atoms with van der Waals surface area (Å²) in [6, 6.07) is 17.6. The molecule has 0 amide bonds. The Morgan fingerprint density at radius 2 is 1.84 bits per heavy atom. The van der Waals surface area contributed by atoms with Gasteiger partial charge in [-0.1, -0.05) is 57.3 Å². The fraction of sp³-hybridized carbons (Fsp3) is 0.136. The average molecular weight is 557 g/mol. The zero-order valence-electron chi connectivity index (χ0n) is 16.5. The third kappa shape index (κ3) is 5.15. The third-order valence-electron chi connectivity index (χ3n) is 4.96. The minimum atomic E-state index is -3.89. The summed E-state index contributed by atoms with van der Waals surface area (Å²) in [4.78, 5) is -0.141. The van der Waals surface area contributed by atoms with Crippen LogP contribution in [0.25, 0.3) is 0 Å². The summed E-state index contributed by atoms with van der Waals surface area (Å²) in [7, 11) is -3.89. The summed E-state index contributed by atoms with van der Waals surface area (Å²) in [6.07, 6.45) is 0.478. The van der Waals surface area contributed by atoms with E-state index in [9.17, 15) is 12.8 Å². The Morgan fingerprint density at radius 1 is 1.09 bits per heavy atom. The number of benzene rings is 3. The molecule has 0 radical (unpaired) electrons. The molecular weight excluding hydrogens is 540 g/mol. The van der Waals surface area contributed by atoms with Crippen LogP contribution in [-0.4, -0.2) is 20.7 Å². The predicted octanol–water partition coefficient (Wildman–Crippen LogP) is 6.18. The molecule has 1 atom stereocenters. The Morgan fingerprint density at radius 3 is 2.53 bits per heavy atom. The number of halogens is 4. The van der Waals surface area contributed by atoms with Crippen molar-refractivity contribution < 1.29 is 12.8 Å². The van der Waals surface area contributed by atoms with Gasteiger partial charge >= 0.3 is 0 Å². The van der Waals surface area contributed by atoms with Gasteiger partial charge in [0.25, 0.3) is 0 Å². The number of nitrogens with one attached hydrogen (secondary N) is 1. The number of hydrogen-bond acceptors (Lipinski definition) is 4. The van der Waals surface area contributed by atoms with Crippen LogP contribution in [0.15, 0.2) is 81.2 Å². The topological polar surface area (TPSA) is 61.8 Å². The van der Waals surface area contributed by atoms with E-state index >= 15 is 0 Å². The Balaban J connectivity index is 1.61. The van der Waals surface area contributed by atoms with Crippen molar-refractivity contribution in [3.63, 3.8) is 0 Å². The molecule has 10 heteroatoms. The number of nitrogens with zero attached hydrogens (tertiary/aromatic N) is 2. The summed E-state index contributed by atoms with van der Waals surface area (Å²) in [5.74, 6) is -0.620. The molecule has 5 nitrogen and oxygen atoms in total. The second kappa shape index (κ2) is 9.49. The van der Waals surface area contributed by atoms with Crippen molar-refractivity contribution in [1.82, 2.24) is 4.72 Å². The molecule has 0 fully saturated rings. The van der Waals surface area contributed by atoms with Crippen LogP contribution < -0.4 is 9.73 Å². The molecule has 0 aromatic heterocycles. The Hall–Kier alpha value is -1.97. The highest BCUT2D eigenvalue weighted by atomic mass is 79.9. The van der Waals surface area contributed by atoms with Gasteiger partial charge in [-0.2, -0.15) is 5.10 Å². The van der Waals surface area contributed by atoms with Crippen molar-refractivity contribution in [1.29, 1.82) is 0 Å². The zero-order valence-corrected chi connectivity index (χ0v) is 20.4. The van der Waals surface area contributed by atoms with Gasteiger partial charge in [0.2, 0.25) is 10.0 Å². The van der Waals surface area contributed by atoms with Gasteiger partial charge < -0.3 is 0 Å². The second-order valence-electron chi connectivity index (χ2n) is 7.16. The van der Waals surface area contributed by atoms with Gasteiger partial charge in [0.1, 0.15) is 5.82 Å². The van der Waals surface area contributed by atoms with Crippen molar-refractivity contribution in [2.24, 2.45) is 5.10 Å². The lowest BCUT2D eigenvalue weighted by Crippen LogP contribution is -2.29. The molecule has 1 aliphatic heterocycles. The molecular formula is C22H17BrCl2FN3O2S. The smallest absolute Gasteiger partial charge is 0.241 e. The molecule has 1 N–H and O–H groups in total. The predicted molar refractivity (Wildman–Crippen MR) is 129 cm³/mol. The van der Waals surface area contributed by atoms with Gasteiger partial charge in [-0.05, 0) is 54.1 Å². The highest BCUT2D eigenvalue weighted by molar-refractivity contribution is 9.10. The summed E-state index contributed by atoms with van der Waals surface area (Å²) < 4.78 is 42.1. The Labute approximate surface area is 204 Å². The van der Waals surface area contributed by atoms with Crippen LogP contribution in [0.5, 0.6) is 0 Å². The molecule has 32 heavy (non-hydrogen) atoms. The number of anilines is 1. The standard InChI is InChI=1S/C22H17BrCl2FN3O2S/c23-15-6-4-14(5-7-15)22-12-18(28-29(22)21-9-8-16(24)10-20(21)25)13-27-32(30,31)19-3-1-2-17(26)11-19/h1-11,22,27H,12-13H2. The Kier molecular flexibility index (Phi) is 6.88. The fourth-order valence-electron chi connectivity index (χ4n) is 3.41. The molecule has 1 aliphatic rings. The van der Waals surface area contributed by atoms with E-state index in [-0.39, 0.29) is 17.5 Å². The van der Waals surface area contributed by atoms with E-state index < -0.39 is 15.8 Å². The molecule has 0 aliphatic carbocycles. The van der Waals surface area contributed by atoms with E-state index in [4.69, 9.17) is 23.2 Å². The van der Waals surface area contributed by atoms with E-state index in [1.165, 1.54) is 18.2 Å². The van der Waals surface area contributed by atoms with Crippen LogP contribution in [0.1, 0.15) is 18.0 Å². The lowest BCUT2D eigenvalue weighted by Gasteiger charge is -2.25. The Bertz CT molecular complexity index is 1290. The average Bonchev–Trinajstić information content (AvgIpc) is 3.17. The minimum Gasteiger partial charge on any atom is -0.256 e. The van der Waals surface area contributed by atoms with Crippen molar-refractivity contribution in [3.8, 4) is 0 Å². The van der Waals surface area contributed by atoms with Gasteiger partial charge in [-0.25, -0.2) is 17.5 Å². The molecule has 0 spiro atoms. The van der Waals surface area contributed by atoms with Gasteiger partial charge in [-0.15, -0.1) is 0 Å². The van der Waals surface area contributed by atoms with Crippen LogP contribution in [0.3, 0.4) is 0 Å². The number of rotatable bonds is 6. The summed E-state index contributed by atoms with van der Waals surface area (Å²) in [5.41, 5.74) is 2.27. The zero-order chi connectivity index (χ0) is 22.9. The molecule has 4 rings (SSSR count). The molecule has 1 unspecified atom stereocenters. The van der Waals surface area contributed by atoms with E-state index in [0.717, 1.165) is 16.1 Å². The van der Waals surface area contributed by atoms with Crippen molar-refractivity contribution in [2.45, 2.75) is 17.4 Å². The van der Waals surface area contributed by atoms with Crippen LogP contribution in [-0.2, 0) is 10.0 Å². The van der Waals surface area contributed by atoms with Crippen LogP contribution in [0.2, 0.25) is 10.0 Å². The summed E-state index contributed by atoms with van der Waals surface area (Å²) in [6.45, 7) is -0.0203. The minimum absolute atomic E-state index is 0.0203. The summed E-state index contributed by atoms with van der Waals surface area (Å²) >= 11 is 15.9. The molecule has 3 aromatic carbocycles. The lowest BCUT2D eigenvalue weighted by molar-refractivity contribution is 0.582. The fourth-order valence-corrected chi connectivity index (χ4v) is 5.22. The monoisotopic (exact) mass is 555 g/mol. The highest BCUT2D eigenvalue weighted by Crippen LogP contribution is 2.39. The van der Waals surface area contributed by atoms with E-state index in [0.29, 0.717) is 27.9 Å². The van der Waals surface area contributed by atoms with E-state index in [2.05, 4.69) is 25.8 Å². The van der Waals surface area contributed by atoms with Crippen molar-refractivity contribution in [2.75, 3.05) is 11.6 Å². The molecule has 0 saturated carbocycles. The van der Waals surface area contributed by atoms with Gasteiger partial charge in [0.15, 0.2) is 0 Å². The second-order valence-corrected chi connectivity index (χ2v) is 10.7. The number of sulfonamides is 1. The highest BCUT2D eigenvalue weighted by Gasteiger charge is 2.31. The van der Waals surface area contributed by atoms with E-state index in [1.807, 2.05) is 24.3 Å². The first kappa shape index (κ1) is 23.2. The third-order valence-corrected chi connectivity index (χ3v) is 7.42. The van der Waals surface area contributed by atoms with Crippen LogP contribution in [0, 0.1) is 5.82 Å². The number of hydrogen-bond donors (Lipinski definition) is 1. The van der Waals surface area contributed by atoms with Crippen molar-refractivity contribution >= 4 is 60.6 Å². The first-order chi connectivity index (χ1) is 15.2. The maximum Gasteiger partial charge on any atom is 0.241 e. The first-order valence-electron chi connectivity index (χ1n) is 9.54. The molecule has 3 aromatic rings. The van der Waals surface area contributed by atoms with Crippen molar-refractivity contribution in [3.05, 3.63) is 92.6 Å². The summed E-state index contributed by atoms with van der Waals surface area (Å²) in [5, 5.41) is 7.36. The SMILES string of the molecule is O=S(=O)(NCC1=NN(c2ccc(Cl)cc2Cl)C(c2ccc(Br)cc2)C1)c1cccc(F)c1. The van der Waals surface area contributed by atoms with Gasteiger partial charge in [-0.3, -0.25) is 5.01 Å². The first-order valence-corrected chi connectivity index (χ1v) is 12.6. The van der Waals surface area contributed by atoms with Gasteiger partial charge in [0.05, 0.1) is 33.9 Å². The number of hydrazone groups is 1. The quantitative estimate of drug-likeness (QED) is 0.394. The normalized spacial score (nSPS) is 16.3. The lowest BCUT2D eigenvalue weighted by atomic mass is 10.0. The van der Waals surface area contributed by atoms with Crippen LogP contribution >= 0.6 is 39.1 Å². The molecule has 0 bridgehead atoms. The van der Waals surface area contributed by atoms with E-state index in [1.54, 1.807) is 23.2 Å². The molecule has 0 saturated heterocycles. The van der Waals surface area contributed by atoms with Crippen LogP contribution in [0.4, 0.5) is 10.1 Å². The molecule has 166 valence electrons. The largest absolute Gasteiger partial charge is 0.256 e. The maximum absolute atomic E-state index is 13.5. The molecule has 1 heterocycles. The maximum atomic E-state index is 13.5. The van der Waals surface area contributed by atoms with Gasteiger partial charge in [0, 0.05) is 15.9 Å².